The predicted octanol–water partition coefficient (Wildman–Crippen LogP) is 17.7. The van der Waals surface area contributed by atoms with Crippen molar-refractivity contribution in [3.63, 3.8) is 0 Å². The molecule has 0 fully saturated rings. The number of fused-ring (bicyclic) bond motifs is 4. The summed E-state index contributed by atoms with van der Waals surface area (Å²) in [6.45, 7) is 10.3. The molecule has 0 aliphatic heterocycles. The molecule has 0 saturated carbocycles. The Hall–Kier alpha value is -12.5. The van der Waals surface area contributed by atoms with Crippen molar-refractivity contribution in [2.75, 3.05) is 50.2 Å². The minimum atomic E-state index is -0.491. The molecule has 0 radical (unpaired) electrons. The molecule has 0 heterocycles. The van der Waals surface area contributed by atoms with Crippen LogP contribution in [0.2, 0.25) is 0 Å². The standard InChI is InChI=1S/C80H63N5O9/c1-11-40-84(41-12-2)53-22-15-24-55(44-53)90-72-32-20-34-74(76(72)86-9)93-70-30-18-27-67(60(70)49-82)89-58-37-39-63-65(47-58)80(52-79(63,7)8)51-78(5,6)62-38-36-57(46-64(62)80)88-66-26-17-28-68(59(66)48-81)92-69-29-19-31-71(61(69)50-83)94-75-35-21-33-73(77(75)87-10)91-56-25-16-23-54(45-56)85(42-13-3)43-14-4/h1-4,15-39,44-47H,40-43,51-52H2,5-10H3. The molecule has 0 aromatic heterocycles. The van der Waals surface area contributed by atoms with E-state index in [0.29, 0.717) is 77.9 Å². The van der Waals surface area contributed by atoms with Crippen molar-refractivity contribution in [2.24, 2.45) is 0 Å². The van der Waals surface area contributed by atoms with Crippen LogP contribution in [0.3, 0.4) is 0 Å². The number of hydrogen-bond donors (Lipinski definition) is 0. The molecule has 1 unspecified atom stereocenters. The van der Waals surface area contributed by atoms with Crippen molar-refractivity contribution < 1.29 is 42.6 Å². The third-order valence-corrected chi connectivity index (χ3v) is 16.6. The lowest BCUT2D eigenvalue weighted by molar-refractivity contribution is 0.348. The number of anilines is 2. The number of methoxy groups -OCH3 is 2. The number of ether oxygens (including phenoxy) is 9. The van der Waals surface area contributed by atoms with E-state index < -0.39 is 5.41 Å². The van der Waals surface area contributed by atoms with Crippen LogP contribution in [0.5, 0.6) is 92.0 Å². The summed E-state index contributed by atoms with van der Waals surface area (Å²) in [6.07, 6.45) is 24.1. The van der Waals surface area contributed by atoms with Crippen LogP contribution in [0.25, 0.3) is 0 Å². The summed E-state index contributed by atoms with van der Waals surface area (Å²) in [5.41, 5.74) is 5.47. The van der Waals surface area contributed by atoms with Gasteiger partial charge in [0.05, 0.1) is 40.4 Å². The van der Waals surface area contributed by atoms with Gasteiger partial charge in [0.2, 0.25) is 11.5 Å². The molecule has 0 bridgehead atoms. The van der Waals surface area contributed by atoms with Crippen LogP contribution in [0, 0.1) is 83.4 Å². The highest BCUT2D eigenvalue weighted by Crippen LogP contribution is 2.64. The Morgan fingerprint density at radius 2 is 0.628 bits per heavy atom. The minimum absolute atomic E-state index is 0.0601. The van der Waals surface area contributed by atoms with E-state index in [1.54, 1.807) is 97.1 Å². The van der Waals surface area contributed by atoms with Gasteiger partial charge in [-0.2, -0.15) is 15.8 Å². The van der Waals surface area contributed by atoms with Crippen molar-refractivity contribution in [1.82, 2.24) is 0 Å². The van der Waals surface area contributed by atoms with Gasteiger partial charge in [0, 0.05) is 28.9 Å². The number of nitrogens with zero attached hydrogens (tertiary/aromatic N) is 5. The first-order valence-electron chi connectivity index (χ1n) is 30.0. The SMILES string of the molecule is C#CCN(CC#C)c1cccc(Oc2cccc(Oc3cccc(Oc4ccc5c(c4)C4(CC(C)(C)c6ccc(Oc7cccc(Oc8cccc(Oc9cccc(Oc%10cccc(N(CC#C)CC#C)c%10)c9OC)c8C#N)c7C#N)cc64)CC5(C)C)c3C#N)c2OC)c1. The van der Waals surface area contributed by atoms with Gasteiger partial charge in [0.15, 0.2) is 23.0 Å². The Morgan fingerprint density at radius 1 is 0.351 bits per heavy atom. The van der Waals surface area contributed by atoms with Gasteiger partial charge in [-0.25, -0.2) is 0 Å². The minimum Gasteiger partial charge on any atom is -0.490 e. The first-order chi connectivity index (χ1) is 45.6. The summed E-state index contributed by atoms with van der Waals surface area (Å²) in [7, 11) is 3.01. The van der Waals surface area contributed by atoms with Crippen molar-refractivity contribution in [3.05, 3.63) is 215 Å². The molecule has 9 aromatic carbocycles. The van der Waals surface area contributed by atoms with E-state index in [-0.39, 0.29) is 67.8 Å². The molecule has 0 amide bonds. The van der Waals surface area contributed by atoms with E-state index >= 15 is 0 Å². The Bertz CT molecular complexity index is 4700. The smallest absolute Gasteiger partial charge is 0.204 e. The molecule has 14 nitrogen and oxygen atoms in total. The molecule has 2 aliphatic carbocycles. The molecular formula is C80H63N5O9. The molecule has 9 aromatic rings. The summed E-state index contributed by atoms with van der Waals surface area (Å²) in [4.78, 5) is 3.75. The molecule has 0 saturated heterocycles. The fraction of sp³-hybridized carbons (Fsp3) is 0.188. The molecule has 462 valence electrons. The highest BCUT2D eigenvalue weighted by Gasteiger charge is 2.56. The number of nitriles is 3. The van der Waals surface area contributed by atoms with Crippen LogP contribution in [0.1, 0.15) is 79.5 Å². The number of rotatable bonds is 22. The highest BCUT2D eigenvalue weighted by molar-refractivity contribution is 5.66. The fourth-order valence-electron chi connectivity index (χ4n) is 12.8. The lowest BCUT2D eigenvalue weighted by Crippen LogP contribution is -2.27. The van der Waals surface area contributed by atoms with E-state index in [4.69, 9.17) is 68.3 Å². The average molecular weight is 1240 g/mol. The second kappa shape index (κ2) is 26.9. The number of benzene rings is 9. The highest BCUT2D eigenvalue weighted by atomic mass is 16.5. The molecule has 2 aliphatic rings. The Kier molecular flexibility index (Phi) is 18.1. The van der Waals surface area contributed by atoms with E-state index in [9.17, 15) is 15.8 Å². The lowest BCUT2D eigenvalue weighted by Gasteiger charge is -2.30. The topological polar surface area (TPSA) is 161 Å². The van der Waals surface area contributed by atoms with Gasteiger partial charge in [0.1, 0.15) is 92.4 Å². The van der Waals surface area contributed by atoms with Gasteiger partial charge in [0.25, 0.3) is 0 Å². The van der Waals surface area contributed by atoms with Crippen molar-refractivity contribution >= 4 is 11.4 Å². The summed E-state index contributed by atoms with van der Waals surface area (Å²) in [5.74, 6) is 15.8. The van der Waals surface area contributed by atoms with Gasteiger partial charge < -0.3 is 52.4 Å². The van der Waals surface area contributed by atoms with Gasteiger partial charge in [-0.15, -0.1) is 25.7 Å². The second-order valence-corrected chi connectivity index (χ2v) is 23.7. The van der Waals surface area contributed by atoms with Gasteiger partial charge in [-0.05, 0) is 155 Å². The number of para-hydroxylation sites is 2. The first-order valence-corrected chi connectivity index (χ1v) is 30.0. The van der Waals surface area contributed by atoms with Crippen LogP contribution < -0.4 is 52.4 Å². The van der Waals surface area contributed by atoms with Crippen LogP contribution in [-0.2, 0) is 16.2 Å². The quantitative estimate of drug-likeness (QED) is 0.0589. The van der Waals surface area contributed by atoms with Crippen LogP contribution in [0.15, 0.2) is 176 Å². The maximum absolute atomic E-state index is 10.8. The number of hydrogen-bond acceptors (Lipinski definition) is 14. The molecular weight excluding hydrogens is 1170 g/mol. The average Bonchev–Trinajstić information content (AvgIpc) is 1.53. The zero-order valence-electron chi connectivity index (χ0n) is 52.7. The third kappa shape index (κ3) is 12.6. The van der Waals surface area contributed by atoms with E-state index in [1.807, 2.05) is 64.4 Å². The molecule has 1 atom stereocenters. The summed E-state index contributed by atoms with van der Waals surface area (Å²) >= 11 is 0. The Labute approximate surface area is 548 Å². The maximum atomic E-state index is 10.8. The fourth-order valence-corrected chi connectivity index (χ4v) is 12.8. The Balaban J connectivity index is 0.843. The Morgan fingerprint density at radius 3 is 0.947 bits per heavy atom. The van der Waals surface area contributed by atoms with Gasteiger partial charge in [-0.1, -0.05) is 106 Å². The normalized spacial score (nSPS) is 14.1. The van der Waals surface area contributed by atoms with Crippen molar-refractivity contribution in [1.29, 1.82) is 15.8 Å². The zero-order chi connectivity index (χ0) is 66.2. The molecule has 0 N–H and O–H groups in total. The van der Waals surface area contributed by atoms with Gasteiger partial charge in [-0.3, -0.25) is 0 Å². The largest absolute Gasteiger partial charge is 0.490 e. The molecule has 11 rings (SSSR count). The maximum Gasteiger partial charge on any atom is 0.204 e. The van der Waals surface area contributed by atoms with Crippen molar-refractivity contribution in [3.8, 4) is 160 Å². The number of terminal acetylenes is 4. The van der Waals surface area contributed by atoms with Crippen LogP contribution >= 0.6 is 0 Å². The first kappa shape index (κ1) is 63.1. The van der Waals surface area contributed by atoms with Crippen LogP contribution in [0.4, 0.5) is 11.4 Å². The molecule has 14 heteroatoms. The predicted molar refractivity (Wildman–Crippen MR) is 362 cm³/mol. The monoisotopic (exact) mass is 1240 g/mol. The zero-order valence-corrected chi connectivity index (χ0v) is 52.7. The van der Waals surface area contributed by atoms with Crippen molar-refractivity contribution in [2.45, 2.75) is 56.8 Å². The van der Waals surface area contributed by atoms with Crippen LogP contribution in [-0.4, -0.2) is 40.4 Å². The molecule has 94 heavy (non-hydrogen) atoms. The van der Waals surface area contributed by atoms with E-state index in [1.165, 1.54) is 25.3 Å². The van der Waals surface area contributed by atoms with Gasteiger partial charge >= 0.3 is 0 Å². The third-order valence-electron chi connectivity index (χ3n) is 16.6. The summed E-state index contributed by atoms with van der Waals surface area (Å²) in [6, 6.07) is 59.6. The lowest BCUT2D eigenvalue weighted by atomic mass is 9.72. The summed E-state index contributed by atoms with van der Waals surface area (Å²) < 4.78 is 57.2. The van der Waals surface area contributed by atoms with E-state index in [0.717, 1.165) is 35.3 Å². The summed E-state index contributed by atoms with van der Waals surface area (Å²) in [5, 5.41) is 32.3. The second-order valence-electron chi connectivity index (χ2n) is 23.7. The van der Waals surface area contributed by atoms with E-state index in [2.05, 4.69) is 93.8 Å². The molecule has 1 spiro atoms.